The van der Waals surface area contributed by atoms with Crippen LogP contribution >= 0.6 is 11.8 Å². The van der Waals surface area contributed by atoms with Crippen LogP contribution in [0.15, 0.2) is 53.4 Å². The summed E-state index contributed by atoms with van der Waals surface area (Å²) in [4.78, 5) is 47.7. The monoisotopic (exact) mass is 461 g/mol. The van der Waals surface area contributed by atoms with E-state index in [-0.39, 0.29) is 28.6 Å². The SMILES string of the molecule is COCCNC(=O)CSc1ccccc1C(=O)OC(C)C(=O)Nc1cccc([N+](=O)[O-])c1. The first kappa shape index (κ1) is 24.8. The Labute approximate surface area is 188 Å². The lowest BCUT2D eigenvalue weighted by molar-refractivity contribution is -0.384. The molecule has 1 unspecified atom stereocenters. The van der Waals surface area contributed by atoms with Gasteiger partial charge in [0.1, 0.15) is 0 Å². The Bertz CT molecular complexity index is 983. The summed E-state index contributed by atoms with van der Waals surface area (Å²) >= 11 is 1.17. The largest absolute Gasteiger partial charge is 0.449 e. The highest BCUT2D eigenvalue weighted by molar-refractivity contribution is 8.00. The second-order valence-electron chi connectivity index (χ2n) is 6.47. The number of nitrogens with one attached hydrogen (secondary N) is 2. The van der Waals surface area contributed by atoms with Gasteiger partial charge in [-0.25, -0.2) is 4.79 Å². The van der Waals surface area contributed by atoms with Crippen LogP contribution in [0.5, 0.6) is 0 Å². The summed E-state index contributed by atoms with van der Waals surface area (Å²) in [7, 11) is 1.54. The van der Waals surface area contributed by atoms with Gasteiger partial charge in [0.15, 0.2) is 6.10 Å². The molecule has 0 radical (unpaired) electrons. The van der Waals surface area contributed by atoms with Crippen molar-refractivity contribution in [3.8, 4) is 0 Å². The smallest absolute Gasteiger partial charge is 0.340 e. The van der Waals surface area contributed by atoms with Crippen LogP contribution in [0.25, 0.3) is 0 Å². The Morgan fingerprint density at radius 3 is 2.62 bits per heavy atom. The lowest BCUT2D eigenvalue weighted by atomic mass is 10.2. The predicted molar refractivity (Wildman–Crippen MR) is 119 cm³/mol. The summed E-state index contributed by atoms with van der Waals surface area (Å²) in [5, 5.41) is 16.0. The van der Waals surface area contributed by atoms with Crippen LogP contribution < -0.4 is 10.6 Å². The Kier molecular flexibility index (Phi) is 9.64. The highest BCUT2D eigenvalue weighted by Gasteiger charge is 2.22. The topological polar surface area (TPSA) is 137 Å². The number of anilines is 1. The number of rotatable bonds is 11. The van der Waals surface area contributed by atoms with Crippen molar-refractivity contribution < 1.29 is 28.8 Å². The third-order valence-electron chi connectivity index (χ3n) is 4.07. The molecule has 0 spiro atoms. The van der Waals surface area contributed by atoms with Gasteiger partial charge in [-0.3, -0.25) is 19.7 Å². The van der Waals surface area contributed by atoms with E-state index in [4.69, 9.17) is 9.47 Å². The van der Waals surface area contributed by atoms with Crippen LogP contribution in [0.2, 0.25) is 0 Å². The van der Waals surface area contributed by atoms with E-state index in [1.165, 1.54) is 50.1 Å². The zero-order chi connectivity index (χ0) is 23.5. The first-order valence-corrected chi connectivity index (χ1v) is 10.5. The maximum absolute atomic E-state index is 12.6. The molecule has 0 bridgehead atoms. The van der Waals surface area contributed by atoms with Crippen LogP contribution in [0.1, 0.15) is 17.3 Å². The van der Waals surface area contributed by atoms with Crippen LogP contribution in [-0.4, -0.2) is 54.8 Å². The number of methoxy groups -OCH3 is 1. The van der Waals surface area contributed by atoms with Gasteiger partial charge >= 0.3 is 5.97 Å². The maximum atomic E-state index is 12.6. The standard InChI is InChI=1S/C21H23N3O7S/c1-14(20(26)23-15-6-5-7-16(12-15)24(28)29)31-21(27)17-8-3-4-9-18(17)32-13-19(25)22-10-11-30-2/h3-9,12,14H,10-11,13H2,1-2H3,(H,22,25)(H,23,26). The summed E-state index contributed by atoms with van der Waals surface area (Å²) in [6.45, 7) is 2.18. The summed E-state index contributed by atoms with van der Waals surface area (Å²) in [5.74, 6) is -1.48. The molecule has 0 saturated heterocycles. The van der Waals surface area contributed by atoms with Gasteiger partial charge in [-0.15, -0.1) is 11.8 Å². The van der Waals surface area contributed by atoms with Crippen molar-refractivity contribution in [2.24, 2.45) is 0 Å². The molecule has 10 nitrogen and oxygen atoms in total. The van der Waals surface area contributed by atoms with Gasteiger partial charge in [-0.2, -0.15) is 0 Å². The van der Waals surface area contributed by atoms with Gasteiger partial charge in [0.2, 0.25) is 5.91 Å². The van der Waals surface area contributed by atoms with Crippen LogP contribution in [0, 0.1) is 10.1 Å². The number of esters is 1. The Balaban J connectivity index is 1.96. The molecule has 2 amide bonds. The van der Waals surface area contributed by atoms with Gasteiger partial charge in [-0.05, 0) is 25.1 Å². The molecule has 2 aromatic carbocycles. The molecule has 0 aromatic heterocycles. The fourth-order valence-corrected chi connectivity index (χ4v) is 3.34. The lowest BCUT2D eigenvalue weighted by Gasteiger charge is -2.15. The number of thioether (sulfide) groups is 1. The molecule has 0 heterocycles. The van der Waals surface area contributed by atoms with Crippen LogP contribution in [-0.2, 0) is 19.1 Å². The summed E-state index contributed by atoms with van der Waals surface area (Å²) in [6, 6.07) is 12.0. The zero-order valence-electron chi connectivity index (χ0n) is 17.5. The molecule has 0 aliphatic carbocycles. The van der Waals surface area contributed by atoms with Gasteiger partial charge in [0.25, 0.3) is 11.6 Å². The number of amides is 2. The Morgan fingerprint density at radius 1 is 1.16 bits per heavy atom. The van der Waals surface area contributed by atoms with E-state index in [1.807, 2.05) is 0 Å². The van der Waals surface area contributed by atoms with Crippen molar-refractivity contribution in [2.45, 2.75) is 17.9 Å². The Hall–Kier alpha value is -3.44. The third kappa shape index (κ3) is 7.67. The average molecular weight is 461 g/mol. The van der Waals surface area contributed by atoms with Crippen molar-refractivity contribution in [1.29, 1.82) is 0 Å². The molecule has 2 N–H and O–H groups in total. The van der Waals surface area contributed by atoms with Gasteiger partial charge in [0.05, 0.1) is 22.8 Å². The van der Waals surface area contributed by atoms with E-state index in [0.717, 1.165) is 0 Å². The second kappa shape index (κ2) is 12.4. The fraction of sp³-hybridized carbons (Fsp3) is 0.286. The molecular formula is C21H23N3O7S. The molecule has 2 rings (SSSR count). The minimum absolute atomic E-state index is 0.0941. The maximum Gasteiger partial charge on any atom is 0.340 e. The molecular weight excluding hydrogens is 438 g/mol. The lowest BCUT2D eigenvalue weighted by Crippen LogP contribution is -2.30. The molecule has 1 atom stereocenters. The molecule has 0 aliphatic rings. The minimum Gasteiger partial charge on any atom is -0.449 e. The second-order valence-corrected chi connectivity index (χ2v) is 7.49. The summed E-state index contributed by atoms with van der Waals surface area (Å²) < 4.78 is 10.1. The molecule has 32 heavy (non-hydrogen) atoms. The number of nitro groups is 1. The van der Waals surface area contributed by atoms with Crippen LogP contribution in [0.3, 0.4) is 0 Å². The quantitative estimate of drug-likeness (QED) is 0.171. The fourth-order valence-electron chi connectivity index (χ4n) is 2.47. The minimum atomic E-state index is -1.16. The first-order chi connectivity index (χ1) is 15.3. The van der Waals surface area contributed by atoms with E-state index in [1.54, 1.807) is 24.3 Å². The molecule has 2 aromatic rings. The van der Waals surface area contributed by atoms with Gasteiger partial charge in [0, 0.05) is 36.4 Å². The predicted octanol–water partition coefficient (Wildman–Crippen LogP) is 2.63. The number of benzene rings is 2. The van der Waals surface area contributed by atoms with Crippen LogP contribution in [0.4, 0.5) is 11.4 Å². The average Bonchev–Trinajstić information content (AvgIpc) is 2.78. The molecule has 0 aliphatic heterocycles. The molecule has 0 saturated carbocycles. The van der Waals surface area contributed by atoms with E-state index < -0.39 is 22.9 Å². The van der Waals surface area contributed by atoms with Gasteiger partial charge in [-0.1, -0.05) is 18.2 Å². The molecule has 170 valence electrons. The van der Waals surface area contributed by atoms with Crippen molar-refractivity contribution in [2.75, 3.05) is 31.3 Å². The number of hydrogen-bond donors (Lipinski definition) is 2. The number of carbonyl (C=O) groups is 3. The summed E-state index contributed by atoms with van der Waals surface area (Å²) in [6.07, 6.45) is -1.16. The normalized spacial score (nSPS) is 11.3. The number of nitrogens with zero attached hydrogens (tertiary/aromatic N) is 1. The zero-order valence-corrected chi connectivity index (χ0v) is 18.3. The van der Waals surface area contributed by atoms with Crippen molar-refractivity contribution >= 4 is 40.9 Å². The molecule has 11 heteroatoms. The first-order valence-electron chi connectivity index (χ1n) is 9.55. The number of hydrogen-bond acceptors (Lipinski definition) is 8. The van der Waals surface area contributed by atoms with E-state index in [9.17, 15) is 24.5 Å². The van der Waals surface area contributed by atoms with Crippen molar-refractivity contribution in [3.05, 3.63) is 64.2 Å². The van der Waals surface area contributed by atoms with E-state index in [2.05, 4.69) is 10.6 Å². The van der Waals surface area contributed by atoms with E-state index >= 15 is 0 Å². The highest BCUT2D eigenvalue weighted by Crippen LogP contribution is 2.24. The van der Waals surface area contributed by atoms with Gasteiger partial charge < -0.3 is 20.1 Å². The Morgan fingerprint density at radius 2 is 1.91 bits per heavy atom. The van der Waals surface area contributed by atoms with Crippen molar-refractivity contribution in [1.82, 2.24) is 5.32 Å². The summed E-state index contributed by atoms with van der Waals surface area (Å²) in [5.41, 5.74) is 0.254. The number of carbonyl (C=O) groups excluding carboxylic acids is 3. The van der Waals surface area contributed by atoms with E-state index in [0.29, 0.717) is 18.0 Å². The number of nitro benzene ring substituents is 1. The van der Waals surface area contributed by atoms with Crippen molar-refractivity contribution in [3.63, 3.8) is 0 Å². The number of ether oxygens (including phenoxy) is 2. The number of non-ortho nitro benzene ring substituents is 1. The third-order valence-corrected chi connectivity index (χ3v) is 5.15. The molecule has 0 fully saturated rings. The highest BCUT2D eigenvalue weighted by atomic mass is 32.2.